The molecule has 4 heteroatoms. The van der Waals surface area contributed by atoms with Crippen molar-refractivity contribution in [3.63, 3.8) is 0 Å². The monoisotopic (exact) mass is 211 g/mol. The molecular formula is C11H21N3O. The first-order chi connectivity index (χ1) is 7.18. The maximum Gasteiger partial charge on any atom is 0.233 e. The molecule has 15 heavy (non-hydrogen) atoms. The zero-order valence-electron chi connectivity index (χ0n) is 10.3. The Kier molecular flexibility index (Phi) is 7.54. The number of rotatable bonds is 4. The highest BCUT2D eigenvalue weighted by atomic mass is 16.5. The number of nitrogens with zero attached hydrogens (tertiary/aromatic N) is 3. The Labute approximate surface area is 92.3 Å². The molecule has 0 radical (unpaired) electrons. The van der Waals surface area contributed by atoms with E-state index in [4.69, 9.17) is 4.74 Å². The Bertz CT molecular complexity index is 247. The summed E-state index contributed by atoms with van der Waals surface area (Å²) in [5, 5.41) is 7.77. The molecule has 0 saturated heterocycles. The highest BCUT2D eigenvalue weighted by Gasteiger charge is 1.95. The summed E-state index contributed by atoms with van der Waals surface area (Å²) >= 11 is 0. The topological polar surface area (TPSA) is 38.2 Å². The molecule has 0 fully saturated rings. The highest BCUT2D eigenvalue weighted by molar-refractivity contribution is 5.09. The van der Waals surface area contributed by atoms with Crippen LogP contribution in [-0.2, 0) is 0 Å². The molecule has 0 aliphatic heterocycles. The van der Waals surface area contributed by atoms with Gasteiger partial charge in [0.1, 0.15) is 6.61 Å². The lowest BCUT2D eigenvalue weighted by Crippen LogP contribution is -2.19. The first-order valence-electron chi connectivity index (χ1n) is 5.26. The van der Waals surface area contributed by atoms with E-state index in [1.807, 2.05) is 47.0 Å². The quantitative estimate of drug-likeness (QED) is 0.760. The van der Waals surface area contributed by atoms with Crippen LogP contribution in [0.4, 0.5) is 0 Å². The smallest absolute Gasteiger partial charge is 0.233 e. The third-order valence-corrected chi connectivity index (χ3v) is 1.56. The van der Waals surface area contributed by atoms with Gasteiger partial charge in [-0.25, -0.2) is 0 Å². The molecule has 1 rings (SSSR count). The summed E-state index contributed by atoms with van der Waals surface area (Å²) < 4.78 is 5.36. The molecule has 0 spiro atoms. The van der Waals surface area contributed by atoms with Crippen LogP contribution in [0.15, 0.2) is 12.1 Å². The van der Waals surface area contributed by atoms with E-state index in [0.29, 0.717) is 12.5 Å². The Hall–Kier alpha value is -1.16. The Balaban J connectivity index is 0.000000921. The number of hydrogen-bond donors (Lipinski definition) is 0. The van der Waals surface area contributed by atoms with Crippen LogP contribution in [0.1, 0.15) is 19.5 Å². The van der Waals surface area contributed by atoms with Crippen LogP contribution < -0.4 is 4.74 Å². The van der Waals surface area contributed by atoms with Crippen molar-refractivity contribution in [2.24, 2.45) is 0 Å². The van der Waals surface area contributed by atoms with Crippen molar-refractivity contribution in [3.8, 4) is 5.88 Å². The fourth-order valence-corrected chi connectivity index (χ4v) is 0.796. The number of hydrogen-bond acceptors (Lipinski definition) is 4. The molecule has 0 atom stereocenters. The molecular weight excluding hydrogens is 190 g/mol. The van der Waals surface area contributed by atoms with Crippen molar-refractivity contribution in [1.29, 1.82) is 0 Å². The lowest BCUT2D eigenvalue weighted by molar-refractivity contribution is 0.251. The van der Waals surface area contributed by atoms with Gasteiger partial charge < -0.3 is 9.64 Å². The van der Waals surface area contributed by atoms with Gasteiger partial charge in [-0.15, -0.1) is 5.10 Å². The lowest BCUT2D eigenvalue weighted by atomic mass is 10.4. The molecule has 1 aromatic heterocycles. The number of aromatic nitrogens is 2. The molecule has 0 aliphatic rings. The predicted octanol–water partition coefficient (Wildman–Crippen LogP) is 1.75. The second-order valence-electron chi connectivity index (χ2n) is 3.16. The average Bonchev–Trinajstić information content (AvgIpc) is 2.23. The molecule has 0 aliphatic carbocycles. The molecule has 0 N–H and O–H groups in total. The molecule has 1 aromatic rings. The maximum atomic E-state index is 5.36. The summed E-state index contributed by atoms with van der Waals surface area (Å²) in [6.07, 6.45) is 0. The normalized spacial score (nSPS) is 9.47. The van der Waals surface area contributed by atoms with E-state index < -0.39 is 0 Å². The summed E-state index contributed by atoms with van der Waals surface area (Å²) in [7, 11) is 4.01. The van der Waals surface area contributed by atoms with Crippen molar-refractivity contribution in [1.82, 2.24) is 15.1 Å². The summed E-state index contributed by atoms with van der Waals surface area (Å²) in [5.74, 6) is 0.590. The van der Waals surface area contributed by atoms with E-state index in [-0.39, 0.29) is 0 Å². The zero-order chi connectivity index (χ0) is 11.7. The molecule has 4 nitrogen and oxygen atoms in total. The first kappa shape index (κ1) is 13.8. The van der Waals surface area contributed by atoms with Gasteiger partial charge in [0.2, 0.25) is 5.88 Å². The minimum Gasteiger partial charge on any atom is -0.475 e. The minimum absolute atomic E-state index is 0.590. The summed E-state index contributed by atoms with van der Waals surface area (Å²) in [4.78, 5) is 2.06. The maximum absolute atomic E-state index is 5.36. The fraction of sp³-hybridized carbons (Fsp3) is 0.636. The largest absolute Gasteiger partial charge is 0.475 e. The zero-order valence-corrected chi connectivity index (χ0v) is 10.3. The predicted molar refractivity (Wildman–Crippen MR) is 62.2 cm³/mol. The molecule has 0 amide bonds. The van der Waals surface area contributed by atoms with E-state index in [0.717, 1.165) is 12.2 Å². The van der Waals surface area contributed by atoms with Crippen molar-refractivity contribution in [2.45, 2.75) is 20.8 Å². The molecule has 0 unspecified atom stereocenters. The Morgan fingerprint density at radius 1 is 1.20 bits per heavy atom. The molecule has 0 aromatic carbocycles. The van der Waals surface area contributed by atoms with Gasteiger partial charge in [-0.1, -0.05) is 13.8 Å². The SMILES string of the molecule is CC.Cc1ccc(OCCN(C)C)nn1. The van der Waals surface area contributed by atoms with Crippen LogP contribution in [0.5, 0.6) is 5.88 Å². The average molecular weight is 211 g/mol. The van der Waals surface area contributed by atoms with E-state index in [1.165, 1.54) is 0 Å². The molecule has 0 saturated carbocycles. The van der Waals surface area contributed by atoms with E-state index >= 15 is 0 Å². The van der Waals surface area contributed by atoms with Crippen LogP contribution in [0.2, 0.25) is 0 Å². The van der Waals surface area contributed by atoms with Crippen molar-refractivity contribution in [2.75, 3.05) is 27.2 Å². The Morgan fingerprint density at radius 2 is 1.87 bits per heavy atom. The second kappa shape index (κ2) is 8.17. The van der Waals surface area contributed by atoms with Crippen LogP contribution in [0.25, 0.3) is 0 Å². The van der Waals surface area contributed by atoms with Crippen molar-refractivity contribution >= 4 is 0 Å². The van der Waals surface area contributed by atoms with Gasteiger partial charge in [0.15, 0.2) is 0 Å². The highest BCUT2D eigenvalue weighted by Crippen LogP contribution is 2.03. The number of ether oxygens (including phenoxy) is 1. The van der Waals surface area contributed by atoms with Gasteiger partial charge in [-0.05, 0) is 27.1 Å². The van der Waals surface area contributed by atoms with Crippen molar-refractivity contribution < 1.29 is 4.74 Å². The third-order valence-electron chi connectivity index (χ3n) is 1.56. The first-order valence-corrected chi connectivity index (χ1v) is 5.26. The minimum atomic E-state index is 0.590. The number of aryl methyl sites for hydroxylation is 1. The van der Waals surface area contributed by atoms with Crippen LogP contribution in [0.3, 0.4) is 0 Å². The summed E-state index contributed by atoms with van der Waals surface area (Å²) in [6, 6.07) is 3.72. The van der Waals surface area contributed by atoms with Crippen LogP contribution in [0, 0.1) is 6.92 Å². The molecule has 86 valence electrons. The second-order valence-corrected chi connectivity index (χ2v) is 3.16. The van der Waals surface area contributed by atoms with Gasteiger partial charge in [0.25, 0.3) is 0 Å². The van der Waals surface area contributed by atoms with Gasteiger partial charge in [-0.2, -0.15) is 5.10 Å². The third kappa shape index (κ3) is 6.85. The standard InChI is InChI=1S/C9H15N3O.C2H6/c1-8-4-5-9(11-10-8)13-7-6-12(2)3;1-2/h4-5H,6-7H2,1-3H3;1-2H3. The van der Waals surface area contributed by atoms with Crippen LogP contribution in [-0.4, -0.2) is 42.3 Å². The van der Waals surface area contributed by atoms with E-state index in [9.17, 15) is 0 Å². The summed E-state index contributed by atoms with van der Waals surface area (Å²) in [6.45, 7) is 7.43. The van der Waals surface area contributed by atoms with Gasteiger partial charge >= 0.3 is 0 Å². The molecule has 1 heterocycles. The Morgan fingerprint density at radius 3 is 2.33 bits per heavy atom. The van der Waals surface area contributed by atoms with Crippen LogP contribution >= 0.6 is 0 Å². The lowest BCUT2D eigenvalue weighted by Gasteiger charge is -2.09. The van der Waals surface area contributed by atoms with Gasteiger partial charge in [-0.3, -0.25) is 0 Å². The molecule has 0 bridgehead atoms. The van der Waals surface area contributed by atoms with E-state index in [1.54, 1.807) is 0 Å². The fourth-order valence-electron chi connectivity index (χ4n) is 0.796. The van der Waals surface area contributed by atoms with Gasteiger partial charge in [0.05, 0.1) is 5.69 Å². The van der Waals surface area contributed by atoms with E-state index in [2.05, 4.69) is 15.1 Å². The summed E-state index contributed by atoms with van der Waals surface area (Å²) in [5.41, 5.74) is 0.903. The van der Waals surface area contributed by atoms with Crippen molar-refractivity contribution in [3.05, 3.63) is 17.8 Å². The number of likely N-dealkylation sites (N-methyl/N-ethyl adjacent to an activating group) is 1. The van der Waals surface area contributed by atoms with Gasteiger partial charge in [0, 0.05) is 12.6 Å².